The molecule has 0 radical (unpaired) electrons. The van der Waals surface area contributed by atoms with Crippen LogP contribution in [0.15, 0.2) is 12.3 Å². The van der Waals surface area contributed by atoms with Crippen LogP contribution in [0.25, 0.3) is 0 Å². The second-order valence-corrected chi connectivity index (χ2v) is 6.09. The quantitative estimate of drug-likeness (QED) is 0.588. The van der Waals surface area contributed by atoms with Gasteiger partial charge in [0.05, 0.1) is 0 Å². The Hall–Kier alpha value is -0.460. The molecule has 0 aromatic heterocycles. The summed E-state index contributed by atoms with van der Waals surface area (Å²) in [7, 11) is 0. The molecule has 0 aliphatic carbocycles. The molecule has 0 aliphatic rings. The molecule has 0 amide bonds. The number of rotatable bonds is 8. The van der Waals surface area contributed by atoms with Crippen molar-refractivity contribution in [1.82, 2.24) is 5.32 Å². The normalized spacial score (nSPS) is 11.9. The second-order valence-electron chi connectivity index (χ2n) is 6.09. The Kier molecular flexibility index (Phi) is 7.53. The van der Waals surface area contributed by atoms with Crippen molar-refractivity contribution in [2.45, 2.75) is 66.7 Å². The molecule has 0 rings (SSSR count). The first-order valence-electron chi connectivity index (χ1n) is 6.80. The lowest BCUT2D eigenvalue weighted by atomic mass is 9.91. The Morgan fingerprint density at radius 3 is 2.19 bits per heavy atom. The Morgan fingerprint density at radius 1 is 1.19 bits per heavy atom. The van der Waals surface area contributed by atoms with Crippen LogP contribution in [0, 0.1) is 11.3 Å². The van der Waals surface area contributed by atoms with Gasteiger partial charge in [0.25, 0.3) is 0 Å². The van der Waals surface area contributed by atoms with Gasteiger partial charge in [-0.15, -0.1) is 0 Å². The molecule has 0 bridgehead atoms. The Bertz CT molecular complexity index is 184. The van der Waals surface area contributed by atoms with E-state index in [-0.39, 0.29) is 0 Å². The molecule has 0 spiro atoms. The number of allylic oxidation sites excluding steroid dienone is 1. The zero-order valence-electron chi connectivity index (χ0n) is 12.0. The van der Waals surface area contributed by atoms with Gasteiger partial charge in [0.1, 0.15) is 0 Å². The third kappa shape index (κ3) is 8.82. The minimum atomic E-state index is 0.347. The van der Waals surface area contributed by atoms with Crippen molar-refractivity contribution < 1.29 is 0 Å². The smallest absolute Gasteiger partial charge is 0.0143 e. The summed E-state index contributed by atoms with van der Waals surface area (Å²) in [4.78, 5) is 0. The van der Waals surface area contributed by atoms with Crippen LogP contribution >= 0.6 is 0 Å². The van der Waals surface area contributed by atoms with Gasteiger partial charge in [-0.2, -0.15) is 0 Å². The van der Waals surface area contributed by atoms with E-state index in [0.29, 0.717) is 5.41 Å². The molecule has 0 aromatic rings. The van der Waals surface area contributed by atoms with Crippen LogP contribution in [0.2, 0.25) is 0 Å². The first-order valence-corrected chi connectivity index (χ1v) is 6.80. The van der Waals surface area contributed by atoms with E-state index >= 15 is 0 Å². The molecule has 0 aliphatic heterocycles. The van der Waals surface area contributed by atoms with Gasteiger partial charge in [0.15, 0.2) is 0 Å². The molecule has 0 aromatic carbocycles. The zero-order valence-corrected chi connectivity index (χ0v) is 12.0. The van der Waals surface area contributed by atoms with Crippen LogP contribution in [0.5, 0.6) is 0 Å². The topological polar surface area (TPSA) is 12.0 Å². The Labute approximate surface area is 103 Å². The highest BCUT2D eigenvalue weighted by Crippen LogP contribution is 2.21. The van der Waals surface area contributed by atoms with Gasteiger partial charge in [-0.3, -0.25) is 0 Å². The molecule has 1 N–H and O–H groups in total. The van der Waals surface area contributed by atoms with E-state index in [1.807, 2.05) is 0 Å². The van der Waals surface area contributed by atoms with Crippen LogP contribution in [-0.2, 0) is 0 Å². The van der Waals surface area contributed by atoms with Crippen molar-refractivity contribution in [2.75, 3.05) is 6.54 Å². The van der Waals surface area contributed by atoms with Gasteiger partial charge < -0.3 is 5.32 Å². The minimum Gasteiger partial charge on any atom is -0.389 e. The summed E-state index contributed by atoms with van der Waals surface area (Å²) in [5, 5.41) is 3.45. The summed E-state index contributed by atoms with van der Waals surface area (Å²) in [5.41, 5.74) is 1.54. The minimum absolute atomic E-state index is 0.347. The molecule has 16 heavy (non-hydrogen) atoms. The van der Waals surface area contributed by atoms with E-state index in [2.05, 4.69) is 46.5 Å². The molecule has 0 unspecified atom stereocenters. The molecule has 0 saturated heterocycles. The monoisotopic (exact) mass is 225 g/mol. The first-order chi connectivity index (χ1) is 7.39. The van der Waals surface area contributed by atoms with Gasteiger partial charge >= 0.3 is 0 Å². The molecular weight excluding hydrogens is 194 g/mol. The molecule has 96 valence electrons. The van der Waals surface area contributed by atoms with Gasteiger partial charge in [-0.1, -0.05) is 54.0 Å². The maximum atomic E-state index is 4.09. The third-order valence-corrected chi connectivity index (χ3v) is 3.06. The molecule has 0 atom stereocenters. The van der Waals surface area contributed by atoms with Gasteiger partial charge in [-0.05, 0) is 30.6 Å². The number of hydrogen-bond donors (Lipinski definition) is 1. The SMILES string of the molecule is C=C(CC(C)(C)C)NCCCC(CC)CC. The summed E-state index contributed by atoms with van der Waals surface area (Å²) in [6.45, 7) is 16.5. The maximum absolute atomic E-state index is 4.09. The highest BCUT2D eigenvalue weighted by molar-refractivity contribution is 4.94. The fourth-order valence-electron chi connectivity index (χ4n) is 2.06. The summed E-state index contributed by atoms with van der Waals surface area (Å²) >= 11 is 0. The second kappa shape index (κ2) is 7.76. The van der Waals surface area contributed by atoms with E-state index < -0.39 is 0 Å². The van der Waals surface area contributed by atoms with E-state index in [1.54, 1.807) is 0 Å². The van der Waals surface area contributed by atoms with E-state index in [9.17, 15) is 0 Å². The summed E-state index contributed by atoms with van der Waals surface area (Å²) in [5.74, 6) is 0.915. The van der Waals surface area contributed by atoms with Crippen molar-refractivity contribution in [3.8, 4) is 0 Å². The molecule has 1 heteroatoms. The van der Waals surface area contributed by atoms with Gasteiger partial charge in [0.2, 0.25) is 0 Å². The van der Waals surface area contributed by atoms with Crippen LogP contribution in [-0.4, -0.2) is 6.54 Å². The van der Waals surface area contributed by atoms with Crippen molar-refractivity contribution in [1.29, 1.82) is 0 Å². The summed E-state index contributed by atoms with van der Waals surface area (Å²) in [6, 6.07) is 0. The average Bonchev–Trinajstić information content (AvgIpc) is 2.15. The highest BCUT2D eigenvalue weighted by atomic mass is 14.9. The van der Waals surface area contributed by atoms with E-state index in [1.165, 1.54) is 31.4 Å². The zero-order chi connectivity index (χ0) is 12.6. The fourth-order valence-corrected chi connectivity index (χ4v) is 2.06. The third-order valence-electron chi connectivity index (χ3n) is 3.06. The fraction of sp³-hybridized carbons (Fsp3) is 0.867. The van der Waals surface area contributed by atoms with Gasteiger partial charge in [0, 0.05) is 12.2 Å². The van der Waals surface area contributed by atoms with Crippen molar-refractivity contribution in [2.24, 2.45) is 11.3 Å². The van der Waals surface area contributed by atoms with Crippen molar-refractivity contribution in [3.05, 3.63) is 12.3 Å². The Morgan fingerprint density at radius 2 is 1.75 bits per heavy atom. The predicted octanol–water partition coefficient (Wildman–Crippen LogP) is 4.74. The number of nitrogens with one attached hydrogen (secondary N) is 1. The lowest BCUT2D eigenvalue weighted by molar-refractivity contribution is 0.393. The van der Waals surface area contributed by atoms with Gasteiger partial charge in [-0.25, -0.2) is 0 Å². The Balaban J connectivity index is 3.55. The van der Waals surface area contributed by atoms with E-state index in [4.69, 9.17) is 0 Å². The average molecular weight is 225 g/mol. The lowest BCUT2D eigenvalue weighted by Crippen LogP contribution is -2.19. The largest absolute Gasteiger partial charge is 0.389 e. The maximum Gasteiger partial charge on any atom is 0.0143 e. The molecular formula is C15H31N. The summed E-state index contributed by atoms with van der Waals surface area (Å²) in [6.07, 6.45) is 6.33. The molecule has 0 heterocycles. The summed E-state index contributed by atoms with van der Waals surface area (Å²) < 4.78 is 0. The number of hydrogen-bond acceptors (Lipinski definition) is 1. The predicted molar refractivity (Wildman–Crippen MR) is 74.5 cm³/mol. The molecule has 0 saturated carbocycles. The molecule has 1 nitrogen and oxygen atoms in total. The van der Waals surface area contributed by atoms with Crippen LogP contribution in [0.3, 0.4) is 0 Å². The highest BCUT2D eigenvalue weighted by Gasteiger charge is 2.11. The van der Waals surface area contributed by atoms with E-state index in [0.717, 1.165) is 18.9 Å². The van der Waals surface area contributed by atoms with Crippen molar-refractivity contribution >= 4 is 0 Å². The molecule has 0 fully saturated rings. The lowest BCUT2D eigenvalue weighted by Gasteiger charge is -2.21. The van der Waals surface area contributed by atoms with Crippen LogP contribution < -0.4 is 5.32 Å². The van der Waals surface area contributed by atoms with Crippen LogP contribution in [0.4, 0.5) is 0 Å². The van der Waals surface area contributed by atoms with Crippen LogP contribution in [0.1, 0.15) is 66.7 Å². The standard InChI is InChI=1S/C15H31N/c1-7-14(8-2)10-9-11-16-13(3)12-15(4,5)6/h14,16H,3,7-12H2,1-2,4-6H3. The first kappa shape index (κ1) is 15.5. The van der Waals surface area contributed by atoms with Crippen molar-refractivity contribution in [3.63, 3.8) is 0 Å².